The first-order valence-corrected chi connectivity index (χ1v) is 33.3. The van der Waals surface area contributed by atoms with Gasteiger partial charge in [-0.05, 0) is 103 Å². The van der Waals surface area contributed by atoms with Crippen molar-refractivity contribution >= 4 is 116 Å². The van der Waals surface area contributed by atoms with Gasteiger partial charge in [-0.25, -0.2) is 24.2 Å². The predicted octanol–water partition coefficient (Wildman–Crippen LogP) is 7.59. The number of carboxylic acids is 1. The number of alkyl carbamates (subject to hydrolysis) is 1. The molecule has 0 saturated carbocycles. The van der Waals surface area contributed by atoms with Crippen molar-refractivity contribution in [3.8, 4) is 11.5 Å². The summed E-state index contributed by atoms with van der Waals surface area (Å²) in [5.41, 5.74) is 9.39. The number of ketones is 1. The van der Waals surface area contributed by atoms with Crippen molar-refractivity contribution in [2.45, 2.75) is 71.4 Å². The van der Waals surface area contributed by atoms with Crippen LogP contribution >= 0.6 is 11.6 Å². The summed E-state index contributed by atoms with van der Waals surface area (Å²) >= 11 is 6.64. The Morgan fingerprint density at radius 3 is 2.17 bits per heavy atom. The second-order valence-electron chi connectivity index (χ2n) is 24.2. The fraction of sp³-hybridized carbons (Fsp3) is 0.400. The predicted molar refractivity (Wildman–Crippen MR) is 370 cm³/mol. The number of pyridine rings is 1. The number of nitrogens with zero attached hydrogens (tertiary/aromatic N) is 5. The number of amides is 10. The number of hydrogen-bond acceptors (Lipinski definition) is 19. The van der Waals surface area contributed by atoms with Crippen molar-refractivity contribution in [1.29, 1.82) is 0 Å². The second kappa shape index (κ2) is 36.9. The van der Waals surface area contributed by atoms with Crippen LogP contribution in [0.5, 0.6) is 11.5 Å². The quantitative estimate of drug-likeness (QED) is 0.0106. The van der Waals surface area contributed by atoms with E-state index in [0.29, 0.717) is 44.6 Å². The molecule has 0 aliphatic carbocycles. The molecular weight excluding hydrogens is 1330 g/mol. The minimum Gasteiger partial charge on any atom is -0.508 e. The smallest absolute Gasteiger partial charge is 0.415 e. The number of H-pyrrole nitrogens is 1. The molecule has 0 spiro atoms. The van der Waals surface area contributed by atoms with Crippen LogP contribution in [-0.4, -0.2) is 205 Å². The maximum absolute atomic E-state index is 14.6. The minimum atomic E-state index is -1.09. The number of carboxylic acid groups (broad SMARTS) is 1. The van der Waals surface area contributed by atoms with E-state index in [1.165, 1.54) is 59.5 Å². The van der Waals surface area contributed by atoms with Crippen LogP contribution in [0.25, 0.3) is 21.8 Å². The van der Waals surface area contributed by atoms with E-state index in [-0.39, 0.29) is 165 Å². The van der Waals surface area contributed by atoms with Gasteiger partial charge in [0.1, 0.15) is 36.1 Å². The summed E-state index contributed by atoms with van der Waals surface area (Å²) in [4.78, 5) is 155. The first kappa shape index (κ1) is 76.1. The fourth-order valence-corrected chi connectivity index (χ4v) is 11.5. The van der Waals surface area contributed by atoms with Gasteiger partial charge in [0.05, 0.1) is 69.8 Å². The molecule has 2 aliphatic rings. The van der Waals surface area contributed by atoms with Crippen LogP contribution in [0.3, 0.4) is 0 Å². The van der Waals surface area contributed by atoms with Gasteiger partial charge >= 0.3 is 30.3 Å². The van der Waals surface area contributed by atoms with Crippen LogP contribution < -0.4 is 36.6 Å². The summed E-state index contributed by atoms with van der Waals surface area (Å²) < 4.78 is 33.4. The average molecular weight is 1420 g/mol. The number of carbonyl (C=O) groups excluding carboxylic acids is 10. The van der Waals surface area contributed by atoms with Gasteiger partial charge < -0.3 is 85.3 Å². The maximum atomic E-state index is 14.6. The summed E-state index contributed by atoms with van der Waals surface area (Å²) in [7, 11) is 1.46. The summed E-state index contributed by atoms with van der Waals surface area (Å²) in [6.07, 6.45) is 1.28. The number of phenols is 1. The minimum absolute atomic E-state index is 0.00997. The van der Waals surface area contributed by atoms with E-state index in [1.54, 1.807) is 73.3 Å². The number of aromatic nitrogens is 2. The Balaban J connectivity index is 0.827. The third-order valence-electron chi connectivity index (χ3n) is 16.5. The molecule has 538 valence electrons. The maximum Gasteiger partial charge on any atom is 0.415 e. The molecule has 30 nitrogen and oxygen atoms in total. The summed E-state index contributed by atoms with van der Waals surface area (Å²) in [5, 5.41) is 31.7. The molecule has 0 saturated heterocycles. The number of phenolic OH excluding ortho intramolecular Hbond substituents is 1. The van der Waals surface area contributed by atoms with Crippen molar-refractivity contribution in [2.24, 2.45) is 17.6 Å². The highest BCUT2D eigenvalue weighted by Gasteiger charge is 2.37. The van der Waals surface area contributed by atoms with Gasteiger partial charge in [-0.3, -0.25) is 38.5 Å². The zero-order chi connectivity index (χ0) is 72.7. The highest BCUT2D eigenvalue weighted by atomic mass is 35.5. The summed E-state index contributed by atoms with van der Waals surface area (Å²) in [5.74, 6) is -5.08. The number of anilines is 3. The number of aromatic hydroxyl groups is 1. The van der Waals surface area contributed by atoms with Gasteiger partial charge in [-0.2, -0.15) is 0 Å². The molecule has 8 rings (SSSR count). The first-order valence-electron chi connectivity index (χ1n) is 32.7. The lowest BCUT2D eigenvalue weighted by Gasteiger charge is -2.26. The highest BCUT2D eigenvalue weighted by molar-refractivity contribution is 6.20. The number of Topliss-reactive ketones (excluding diaryl/α,β-unsaturated/α-hetero) is 1. The van der Waals surface area contributed by atoms with Crippen LogP contribution in [0.2, 0.25) is 0 Å². The van der Waals surface area contributed by atoms with E-state index < -0.39 is 71.7 Å². The van der Waals surface area contributed by atoms with Crippen LogP contribution in [0, 0.1) is 18.8 Å². The van der Waals surface area contributed by atoms with Gasteiger partial charge in [0.25, 0.3) is 23.6 Å². The van der Waals surface area contributed by atoms with Crippen molar-refractivity contribution < 1.29 is 91.4 Å². The van der Waals surface area contributed by atoms with E-state index in [2.05, 4.69) is 31.2 Å². The van der Waals surface area contributed by atoms with E-state index in [4.69, 9.17) is 45.8 Å². The Morgan fingerprint density at radius 2 is 1.50 bits per heavy atom. The van der Waals surface area contributed by atoms with Crippen molar-refractivity contribution in [3.63, 3.8) is 0 Å². The van der Waals surface area contributed by atoms with E-state index in [9.17, 15) is 63.0 Å². The number of urea groups is 1. The van der Waals surface area contributed by atoms with Crippen molar-refractivity contribution in [2.75, 3.05) is 114 Å². The molecule has 0 bridgehead atoms. The number of imide groups is 1. The number of aliphatic carboxylic acids is 1. The monoisotopic (exact) mass is 1420 g/mol. The number of likely N-dealkylation sites (N-methyl/N-ethyl adjacent to an activating group) is 1. The number of carbonyl (C=O) groups is 11. The number of aromatic amines is 1. The molecule has 31 heteroatoms. The van der Waals surface area contributed by atoms with Crippen LogP contribution in [0.1, 0.15) is 89.4 Å². The third-order valence-corrected chi connectivity index (χ3v) is 16.9. The molecule has 101 heavy (non-hydrogen) atoms. The molecule has 6 aromatic rings. The molecule has 4 heterocycles. The highest BCUT2D eigenvalue weighted by Crippen LogP contribution is 2.47. The Hall–Kier alpha value is -10.7. The molecule has 3 atom stereocenters. The van der Waals surface area contributed by atoms with Gasteiger partial charge in [-0.1, -0.05) is 44.2 Å². The van der Waals surface area contributed by atoms with Gasteiger partial charge in [0.15, 0.2) is 5.78 Å². The standard InChI is InChI=1S/C70H82ClN11O19/c1-42(2)62(78-68(93)99-33-32-98-31-30-97-29-28-96-27-26-81-57(85)20-21-58(81)86)55(84)36-46(9-6-22-73-67(72)92)65(90)75-49-16-12-44(13-17-49)41-100-69(94)79(4)24-25-80(23-7-11-59(87)88)70(95)101-56-37-54-61(60-43(3)8-5-10-52(56)60)48(38-71)40-82(54)66(91)53-35-47-34-50(39-74-63(47)77-53)76-64(89)45-14-18-51(83)19-15-45/h5,8,10,12-21,34-35,37,39,42,46,48,62,83H,6-7,9,11,22-33,36,38,40-41H2,1-4H3,(H,74,77)(H,75,90)(H,76,89)(H,78,93)(H,87,88)(H3,72,73,92)/t46-,48-,62+/m1/s1. The average Bonchev–Trinajstić information content (AvgIpc) is 1.62. The van der Waals surface area contributed by atoms with Crippen molar-refractivity contribution in [1.82, 2.24) is 35.3 Å². The van der Waals surface area contributed by atoms with Gasteiger partial charge in [0, 0.05) is 111 Å². The lowest BCUT2D eigenvalue weighted by atomic mass is 9.89. The van der Waals surface area contributed by atoms with Crippen LogP contribution in [0.4, 0.5) is 36.2 Å². The molecular formula is C70H82ClN11O19. The number of nitrogens with two attached hydrogens (primary N) is 1. The number of rotatable bonds is 37. The van der Waals surface area contributed by atoms with Crippen molar-refractivity contribution in [3.05, 3.63) is 131 Å². The Kier molecular flexibility index (Phi) is 27.8. The molecule has 2 aliphatic heterocycles. The topological polar surface area (TPSA) is 399 Å². The summed E-state index contributed by atoms with van der Waals surface area (Å²) in [6.45, 7) is 6.25. The molecule has 2 aromatic heterocycles. The number of aryl methyl sites for hydroxylation is 1. The Bertz CT molecular complexity index is 4000. The van der Waals surface area contributed by atoms with E-state index in [1.807, 2.05) is 13.0 Å². The van der Waals surface area contributed by atoms with Gasteiger partial charge in [-0.15, -0.1) is 11.6 Å². The van der Waals surface area contributed by atoms with Crippen LogP contribution in [-0.2, 0) is 54.3 Å². The lowest BCUT2D eigenvalue weighted by Crippen LogP contribution is -2.46. The Labute approximate surface area is 586 Å². The number of ether oxygens (including phenoxy) is 6. The van der Waals surface area contributed by atoms with Crippen LogP contribution in [0.15, 0.2) is 103 Å². The number of primary amides is 1. The molecule has 0 radical (unpaired) electrons. The number of fused-ring (bicyclic) bond motifs is 4. The number of hydrogen-bond donors (Lipinski definition) is 8. The zero-order valence-electron chi connectivity index (χ0n) is 56.3. The normalized spacial score (nSPS) is 13.8. The molecule has 0 unspecified atom stereocenters. The SMILES string of the molecule is Cc1cccc2c(OC(=O)N(CCCC(=O)O)CCN(C)C(=O)OCc3ccc(NC(=O)[C@H](CCCNC(N)=O)CC(=O)[C@@H](NC(=O)OCCOCCOCCOCCN4C(=O)C=CC4=O)C(C)C)cc3)cc3c(c12)[C@H](CCl)CN3C(=O)c1cc2cc(NC(=O)c3ccc(O)cc3)cnc2[nH]1. The zero-order valence-corrected chi connectivity index (χ0v) is 57.0. The lowest BCUT2D eigenvalue weighted by molar-refractivity contribution is -0.138. The third kappa shape index (κ3) is 21.7. The molecule has 4 aromatic carbocycles. The molecule has 10 amide bonds. The van der Waals surface area contributed by atoms with Gasteiger partial charge in [0.2, 0.25) is 5.91 Å². The second-order valence-corrected chi connectivity index (χ2v) is 24.5. The van der Waals surface area contributed by atoms with E-state index >= 15 is 0 Å². The molecule has 0 fully saturated rings. The first-order chi connectivity index (χ1) is 48.5. The fourth-order valence-electron chi connectivity index (χ4n) is 11.3. The number of halogens is 1. The molecule has 9 N–H and O–H groups in total. The van der Waals surface area contributed by atoms with E-state index in [0.717, 1.165) is 21.4 Å². The summed E-state index contributed by atoms with van der Waals surface area (Å²) in [6, 6.07) is 20.7. The number of alkyl halides is 1. The largest absolute Gasteiger partial charge is 0.508 e. The number of benzene rings is 4. The Morgan fingerprint density at radius 1 is 0.802 bits per heavy atom. The number of nitrogens with one attached hydrogen (secondary N) is 5.